The molecule has 0 saturated carbocycles. The van der Waals surface area contributed by atoms with Crippen LogP contribution in [0.1, 0.15) is 17.2 Å². The quantitative estimate of drug-likeness (QED) is 0.760. The van der Waals surface area contributed by atoms with Gasteiger partial charge in [-0.3, -0.25) is 9.89 Å². The van der Waals surface area contributed by atoms with Gasteiger partial charge in [-0.1, -0.05) is 6.07 Å². The molecule has 0 radical (unpaired) electrons. The largest absolute Gasteiger partial charge is 0.379 e. The molecule has 1 amide bonds. The highest BCUT2D eigenvalue weighted by atomic mass is 32.2. The highest BCUT2D eigenvalue weighted by Gasteiger charge is 2.35. The van der Waals surface area contributed by atoms with Gasteiger partial charge in [0.15, 0.2) is 5.82 Å². The summed E-state index contributed by atoms with van der Waals surface area (Å²) in [5.74, 6) is 0.538. The van der Waals surface area contributed by atoms with Crippen molar-refractivity contribution in [2.45, 2.75) is 11.8 Å². The number of aromatic nitrogens is 3. The summed E-state index contributed by atoms with van der Waals surface area (Å²) in [6.45, 7) is 3.01. The molecule has 0 aliphatic carbocycles. The Balaban J connectivity index is 1.84. The van der Waals surface area contributed by atoms with Crippen molar-refractivity contribution >= 4 is 33.3 Å². The zero-order chi connectivity index (χ0) is 18.3. The number of benzene rings is 1. The summed E-state index contributed by atoms with van der Waals surface area (Å²) in [4.78, 5) is 16.7. The number of rotatable bonds is 3. The van der Waals surface area contributed by atoms with Crippen LogP contribution < -0.4 is 5.32 Å². The second kappa shape index (κ2) is 6.31. The lowest BCUT2D eigenvalue weighted by Gasteiger charge is -2.26. The number of carbonyl (C=O) groups is 1. The molecular weight excluding hydrogens is 358 g/mol. The van der Waals surface area contributed by atoms with E-state index in [1.807, 2.05) is 0 Å². The molecule has 0 spiro atoms. The van der Waals surface area contributed by atoms with Gasteiger partial charge < -0.3 is 10.1 Å². The molecule has 1 fully saturated rings. The third kappa shape index (κ3) is 2.81. The lowest BCUT2D eigenvalue weighted by Crippen LogP contribution is -2.40. The molecule has 1 saturated heterocycles. The number of nitrogens with zero attached hydrogens (tertiary/aromatic N) is 3. The van der Waals surface area contributed by atoms with Crippen LogP contribution in [0.2, 0.25) is 0 Å². The van der Waals surface area contributed by atoms with Crippen molar-refractivity contribution in [2.24, 2.45) is 0 Å². The molecule has 10 heteroatoms. The molecule has 2 aliphatic rings. The fourth-order valence-electron chi connectivity index (χ4n) is 3.05. The number of carbonyl (C=O) groups excluding carboxylic acids is 1. The number of nitrogens with one attached hydrogen (secondary N) is 2. The van der Waals surface area contributed by atoms with Gasteiger partial charge in [0.25, 0.3) is 5.91 Å². The van der Waals surface area contributed by atoms with E-state index in [-0.39, 0.29) is 29.5 Å². The van der Waals surface area contributed by atoms with Crippen LogP contribution in [0, 0.1) is 6.92 Å². The van der Waals surface area contributed by atoms with E-state index in [1.54, 1.807) is 19.1 Å². The monoisotopic (exact) mass is 375 g/mol. The maximum atomic E-state index is 13.1. The van der Waals surface area contributed by atoms with E-state index in [2.05, 4.69) is 20.5 Å². The summed E-state index contributed by atoms with van der Waals surface area (Å²) in [6.07, 6.45) is 1.49. The van der Waals surface area contributed by atoms with Gasteiger partial charge >= 0.3 is 0 Å². The smallest absolute Gasteiger partial charge is 0.256 e. The van der Waals surface area contributed by atoms with Crippen LogP contribution in [0.25, 0.3) is 11.6 Å². The van der Waals surface area contributed by atoms with Crippen molar-refractivity contribution in [2.75, 3.05) is 31.6 Å². The summed E-state index contributed by atoms with van der Waals surface area (Å²) >= 11 is 0. The minimum Gasteiger partial charge on any atom is -0.379 e. The number of H-pyrrole nitrogens is 1. The molecule has 0 atom stereocenters. The van der Waals surface area contributed by atoms with E-state index in [0.29, 0.717) is 36.1 Å². The highest BCUT2D eigenvalue weighted by Crippen LogP contribution is 2.38. The summed E-state index contributed by atoms with van der Waals surface area (Å²) in [5.41, 5.74) is 1.04. The lowest BCUT2D eigenvalue weighted by atomic mass is 10.1. The van der Waals surface area contributed by atoms with Gasteiger partial charge in [-0.05, 0) is 25.1 Å². The van der Waals surface area contributed by atoms with Crippen molar-refractivity contribution in [3.8, 4) is 0 Å². The van der Waals surface area contributed by atoms with Gasteiger partial charge in [-0.15, -0.1) is 0 Å². The molecule has 0 bridgehead atoms. The molecule has 26 heavy (non-hydrogen) atoms. The first-order valence-corrected chi connectivity index (χ1v) is 9.54. The molecule has 9 nitrogen and oxygen atoms in total. The van der Waals surface area contributed by atoms with Crippen molar-refractivity contribution in [3.05, 3.63) is 35.4 Å². The average Bonchev–Trinajstić information content (AvgIpc) is 3.19. The summed E-state index contributed by atoms with van der Waals surface area (Å²) in [7, 11) is -3.76. The lowest BCUT2D eigenvalue weighted by molar-refractivity contribution is -0.110. The number of aromatic amines is 1. The van der Waals surface area contributed by atoms with Crippen LogP contribution in [-0.2, 0) is 19.6 Å². The molecule has 0 unspecified atom stereocenters. The Kier molecular flexibility index (Phi) is 4.10. The SMILES string of the molecule is Cc1nc(/C=C2\C(=O)Nc3cccc(S(=O)(=O)N4CCOCC4)c32)n[nH]1. The molecule has 2 aromatic rings. The van der Waals surface area contributed by atoms with Gasteiger partial charge in [-0.25, -0.2) is 13.4 Å². The summed E-state index contributed by atoms with van der Waals surface area (Å²) in [5, 5.41) is 9.41. The van der Waals surface area contributed by atoms with E-state index < -0.39 is 10.0 Å². The van der Waals surface area contributed by atoms with E-state index in [9.17, 15) is 13.2 Å². The summed E-state index contributed by atoms with van der Waals surface area (Å²) < 4.78 is 32.9. The summed E-state index contributed by atoms with van der Waals surface area (Å²) in [6, 6.07) is 4.81. The van der Waals surface area contributed by atoms with Crippen molar-refractivity contribution in [3.63, 3.8) is 0 Å². The Morgan fingerprint density at radius 3 is 2.73 bits per heavy atom. The zero-order valence-electron chi connectivity index (χ0n) is 14.0. The molecule has 2 N–H and O–H groups in total. The van der Waals surface area contributed by atoms with Crippen molar-refractivity contribution in [1.82, 2.24) is 19.5 Å². The number of anilines is 1. The second-order valence-electron chi connectivity index (χ2n) is 5.99. The van der Waals surface area contributed by atoms with Crippen LogP contribution in [0.15, 0.2) is 23.1 Å². The van der Waals surface area contributed by atoms with E-state index >= 15 is 0 Å². The van der Waals surface area contributed by atoms with Gasteiger partial charge in [0, 0.05) is 18.7 Å². The second-order valence-corrected chi connectivity index (χ2v) is 7.89. The molecule has 3 heterocycles. The minimum atomic E-state index is -3.76. The maximum absolute atomic E-state index is 13.1. The Labute approximate surface area is 150 Å². The topological polar surface area (TPSA) is 117 Å². The number of aryl methyl sites for hydroxylation is 1. The Bertz CT molecular complexity index is 1010. The predicted molar refractivity (Wildman–Crippen MR) is 93.6 cm³/mol. The van der Waals surface area contributed by atoms with Crippen LogP contribution in [0.3, 0.4) is 0 Å². The van der Waals surface area contributed by atoms with E-state index in [4.69, 9.17) is 4.74 Å². The van der Waals surface area contributed by atoms with Crippen LogP contribution >= 0.6 is 0 Å². The van der Waals surface area contributed by atoms with Crippen LogP contribution in [-0.4, -0.2) is 60.1 Å². The van der Waals surface area contributed by atoms with Gasteiger partial charge in [0.05, 0.1) is 29.4 Å². The van der Waals surface area contributed by atoms with E-state index in [0.717, 1.165) is 0 Å². The standard InChI is InChI=1S/C16H17N5O4S/c1-10-17-14(20-19-10)9-11-15-12(18-16(11)22)3-2-4-13(15)26(23,24)21-5-7-25-8-6-21/h2-4,9H,5-8H2,1H3,(H,18,22)(H,17,19,20)/b11-9-. The molecule has 4 rings (SSSR count). The van der Waals surface area contributed by atoms with Crippen molar-refractivity contribution < 1.29 is 17.9 Å². The average molecular weight is 375 g/mol. The number of fused-ring (bicyclic) bond motifs is 1. The molecular formula is C16H17N5O4S. The Morgan fingerprint density at radius 1 is 1.27 bits per heavy atom. The minimum absolute atomic E-state index is 0.0914. The first-order chi connectivity index (χ1) is 12.5. The number of amides is 1. The van der Waals surface area contributed by atoms with Gasteiger partial charge in [0.1, 0.15) is 5.82 Å². The first-order valence-electron chi connectivity index (χ1n) is 8.10. The number of hydrogen-bond donors (Lipinski definition) is 2. The molecule has 2 aliphatic heterocycles. The van der Waals surface area contributed by atoms with Crippen LogP contribution in [0.4, 0.5) is 5.69 Å². The Hall–Kier alpha value is -2.56. The fourth-order valence-corrected chi connectivity index (χ4v) is 4.69. The zero-order valence-corrected chi connectivity index (χ0v) is 14.8. The number of sulfonamides is 1. The normalized spacial score (nSPS) is 19.6. The maximum Gasteiger partial charge on any atom is 0.256 e. The van der Waals surface area contributed by atoms with Crippen molar-refractivity contribution in [1.29, 1.82) is 0 Å². The molecule has 136 valence electrons. The predicted octanol–water partition coefficient (Wildman–Crippen LogP) is 0.627. The van der Waals surface area contributed by atoms with Crippen LogP contribution in [0.5, 0.6) is 0 Å². The van der Waals surface area contributed by atoms with E-state index in [1.165, 1.54) is 16.4 Å². The van der Waals surface area contributed by atoms with Gasteiger partial charge in [0.2, 0.25) is 10.0 Å². The molecule has 1 aromatic heterocycles. The third-order valence-corrected chi connectivity index (χ3v) is 6.21. The highest BCUT2D eigenvalue weighted by molar-refractivity contribution is 7.89. The third-order valence-electron chi connectivity index (χ3n) is 4.26. The Morgan fingerprint density at radius 2 is 2.04 bits per heavy atom. The van der Waals surface area contributed by atoms with Gasteiger partial charge in [-0.2, -0.15) is 9.40 Å². The number of ether oxygens (including phenoxy) is 1. The molecule has 1 aromatic carbocycles. The fraction of sp³-hybridized carbons (Fsp3) is 0.312. The first kappa shape index (κ1) is 16.9. The number of morpholine rings is 1. The number of hydrogen-bond acceptors (Lipinski definition) is 6.